The van der Waals surface area contributed by atoms with Gasteiger partial charge in [-0.15, -0.1) is 10.2 Å². The Bertz CT molecular complexity index is 868. The molecule has 0 aliphatic carbocycles. The molecular weight excluding hydrogens is 278 g/mol. The number of hydrogen-bond donors (Lipinski definition) is 1. The molecule has 108 valence electrons. The van der Waals surface area contributed by atoms with Crippen molar-refractivity contribution in [2.24, 2.45) is 0 Å². The molecule has 1 aliphatic heterocycles. The number of nitrogens with zero attached hydrogens (tertiary/aromatic N) is 2. The normalized spacial score (nSPS) is 13.2. The smallest absolute Gasteiger partial charge is 0.248 e. The minimum absolute atomic E-state index is 0.412. The highest BCUT2D eigenvalue weighted by Gasteiger charge is 2.18. The molecule has 0 unspecified atom stereocenters. The van der Waals surface area contributed by atoms with Gasteiger partial charge >= 0.3 is 0 Å². The first-order chi connectivity index (χ1) is 10.8. The summed E-state index contributed by atoms with van der Waals surface area (Å²) in [7, 11) is 0. The summed E-state index contributed by atoms with van der Waals surface area (Å²) in [5.41, 5.74) is 9.11. The van der Waals surface area contributed by atoms with Crippen LogP contribution in [0.15, 0.2) is 52.9 Å². The van der Waals surface area contributed by atoms with Crippen LogP contribution in [0.5, 0.6) is 5.75 Å². The molecule has 2 heterocycles. The van der Waals surface area contributed by atoms with E-state index in [0.29, 0.717) is 24.1 Å². The third-order valence-corrected chi connectivity index (χ3v) is 3.47. The molecule has 5 nitrogen and oxygen atoms in total. The van der Waals surface area contributed by atoms with Crippen LogP contribution in [0.25, 0.3) is 23.1 Å². The maximum absolute atomic E-state index is 5.78. The van der Waals surface area contributed by atoms with Gasteiger partial charge < -0.3 is 14.9 Å². The standard InChI is InChI=1S/C17H13N3O2/c18-14-6-3-5-12(9-14)16-19-20-17(22-16)13-8-11-4-1-2-7-15(11)21-10-13/h1-9H,10,18H2. The van der Waals surface area contributed by atoms with Crippen LogP contribution in [0.1, 0.15) is 11.5 Å². The van der Waals surface area contributed by atoms with Crippen molar-refractivity contribution < 1.29 is 9.15 Å². The maximum Gasteiger partial charge on any atom is 0.248 e. The molecule has 0 fully saturated rings. The van der Waals surface area contributed by atoms with E-state index in [4.69, 9.17) is 14.9 Å². The number of fused-ring (bicyclic) bond motifs is 1. The van der Waals surface area contributed by atoms with Crippen LogP contribution in [0, 0.1) is 0 Å². The third kappa shape index (κ3) is 2.22. The summed E-state index contributed by atoms with van der Waals surface area (Å²) in [6.45, 7) is 0.412. The van der Waals surface area contributed by atoms with Gasteiger partial charge in [0.1, 0.15) is 12.4 Å². The molecule has 22 heavy (non-hydrogen) atoms. The molecule has 4 rings (SSSR count). The second-order valence-electron chi connectivity index (χ2n) is 5.03. The van der Waals surface area contributed by atoms with E-state index in [1.54, 1.807) is 6.07 Å². The van der Waals surface area contributed by atoms with Gasteiger partial charge in [0.25, 0.3) is 0 Å². The van der Waals surface area contributed by atoms with Crippen molar-refractivity contribution in [1.29, 1.82) is 0 Å². The number of ether oxygens (including phenoxy) is 1. The van der Waals surface area contributed by atoms with Gasteiger partial charge in [-0.05, 0) is 30.3 Å². The minimum atomic E-state index is 0.412. The number of anilines is 1. The zero-order chi connectivity index (χ0) is 14.9. The van der Waals surface area contributed by atoms with E-state index >= 15 is 0 Å². The summed E-state index contributed by atoms with van der Waals surface area (Å²) in [6.07, 6.45) is 2.01. The lowest BCUT2D eigenvalue weighted by molar-refractivity contribution is 0.361. The average molecular weight is 291 g/mol. The van der Waals surface area contributed by atoms with Crippen molar-refractivity contribution in [1.82, 2.24) is 10.2 Å². The number of aromatic nitrogens is 2. The zero-order valence-electron chi connectivity index (χ0n) is 11.7. The Morgan fingerprint density at radius 2 is 1.82 bits per heavy atom. The number of para-hydroxylation sites is 1. The molecule has 0 atom stereocenters. The molecule has 0 bridgehead atoms. The zero-order valence-corrected chi connectivity index (χ0v) is 11.7. The lowest BCUT2D eigenvalue weighted by Crippen LogP contribution is -2.06. The van der Waals surface area contributed by atoms with E-state index in [-0.39, 0.29) is 0 Å². The SMILES string of the molecule is Nc1cccc(-c2nnc(C3=Cc4ccccc4OC3)o2)c1. The first-order valence-corrected chi connectivity index (χ1v) is 6.92. The summed E-state index contributed by atoms with van der Waals surface area (Å²) in [5, 5.41) is 8.20. The van der Waals surface area contributed by atoms with Crippen LogP contribution in [0.3, 0.4) is 0 Å². The van der Waals surface area contributed by atoms with Crippen LogP contribution in [-0.2, 0) is 0 Å². The van der Waals surface area contributed by atoms with Crippen molar-refractivity contribution in [3.05, 3.63) is 60.0 Å². The monoisotopic (exact) mass is 291 g/mol. The summed E-state index contributed by atoms with van der Waals surface area (Å²) in [5.74, 6) is 1.77. The first-order valence-electron chi connectivity index (χ1n) is 6.92. The number of benzene rings is 2. The van der Waals surface area contributed by atoms with E-state index in [1.807, 2.05) is 48.5 Å². The predicted octanol–water partition coefficient (Wildman–Crippen LogP) is 3.25. The third-order valence-electron chi connectivity index (χ3n) is 3.47. The van der Waals surface area contributed by atoms with Crippen LogP contribution in [0.4, 0.5) is 5.69 Å². The fourth-order valence-electron chi connectivity index (χ4n) is 2.38. The second-order valence-corrected chi connectivity index (χ2v) is 5.03. The Morgan fingerprint density at radius 3 is 2.73 bits per heavy atom. The van der Waals surface area contributed by atoms with Gasteiger partial charge in [-0.3, -0.25) is 0 Å². The van der Waals surface area contributed by atoms with Gasteiger partial charge in [0, 0.05) is 16.8 Å². The molecular formula is C17H13N3O2. The summed E-state index contributed by atoms with van der Waals surface area (Å²) in [4.78, 5) is 0. The summed E-state index contributed by atoms with van der Waals surface area (Å²) < 4.78 is 11.5. The molecule has 1 aliphatic rings. The fraction of sp³-hybridized carbons (Fsp3) is 0.0588. The van der Waals surface area contributed by atoms with Crippen LogP contribution < -0.4 is 10.5 Å². The summed E-state index contributed by atoms with van der Waals surface area (Å²) >= 11 is 0. The van der Waals surface area contributed by atoms with Crippen molar-refractivity contribution in [3.63, 3.8) is 0 Å². The molecule has 0 saturated carbocycles. The number of hydrogen-bond acceptors (Lipinski definition) is 5. The molecule has 0 saturated heterocycles. The van der Waals surface area contributed by atoms with Crippen LogP contribution in [0.2, 0.25) is 0 Å². The predicted molar refractivity (Wildman–Crippen MR) is 84.0 cm³/mol. The molecule has 2 aromatic carbocycles. The van der Waals surface area contributed by atoms with Gasteiger partial charge in [-0.1, -0.05) is 24.3 Å². The van der Waals surface area contributed by atoms with Crippen molar-refractivity contribution in [3.8, 4) is 17.2 Å². The van der Waals surface area contributed by atoms with Crippen LogP contribution >= 0.6 is 0 Å². The molecule has 3 aromatic rings. The van der Waals surface area contributed by atoms with Gasteiger partial charge in [0.2, 0.25) is 11.8 Å². The highest BCUT2D eigenvalue weighted by Crippen LogP contribution is 2.30. The topological polar surface area (TPSA) is 74.2 Å². The molecule has 0 spiro atoms. The lowest BCUT2D eigenvalue weighted by atomic mass is 10.1. The Labute approximate surface area is 127 Å². The first kappa shape index (κ1) is 12.6. The highest BCUT2D eigenvalue weighted by atomic mass is 16.5. The van der Waals surface area contributed by atoms with Gasteiger partial charge in [-0.2, -0.15) is 0 Å². The largest absolute Gasteiger partial charge is 0.488 e. The van der Waals surface area contributed by atoms with Crippen LogP contribution in [-0.4, -0.2) is 16.8 Å². The Kier molecular flexibility index (Phi) is 2.89. The lowest BCUT2D eigenvalue weighted by Gasteiger charge is -2.15. The van der Waals surface area contributed by atoms with Gasteiger partial charge in [0.05, 0.1) is 5.57 Å². The second kappa shape index (κ2) is 5.04. The average Bonchev–Trinajstić information content (AvgIpc) is 3.04. The van der Waals surface area contributed by atoms with E-state index in [1.165, 1.54) is 0 Å². The van der Waals surface area contributed by atoms with E-state index in [0.717, 1.165) is 22.4 Å². The van der Waals surface area contributed by atoms with Gasteiger partial charge in [0.15, 0.2) is 0 Å². The molecule has 5 heteroatoms. The fourth-order valence-corrected chi connectivity index (χ4v) is 2.38. The Morgan fingerprint density at radius 1 is 0.955 bits per heavy atom. The highest BCUT2D eigenvalue weighted by molar-refractivity contribution is 5.82. The molecule has 0 radical (unpaired) electrons. The number of nitrogens with two attached hydrogens (primary N) is 1. The van der Waals surface area contributed by atoms with Crippen molar-refractivity contribution in [2.45, 2.75) is 0 Å². The number of rotatable bonds is 2. The minimum Gasteiger partial charge on any atom is -0.488 e. The maximum atomic E-state index is 5.78. The van der Waals surface area contributed by atoms with E-state index in [2.05, 4.69) is 10.2 Å². The molecule has 2 N–H and O–H groups in total. The van der Waals surface area contributed by atoms with Crippen molar-refractivity contribution in [2.75, 3.05) is 12.3 Å². The van der Waals surface area contributed by atoms with Gasteiger partial charge in [-0.25, -0.2) is 0 Å². The van der Waals surface area contributed by atoms with E-state index in [9.17, 15) is 0 Å². The van der Waals surface area contributed by atoms with Crippen molar-refractivity contribution >= 4 is 17.3 Å². The molecule has 0 amide bonds. The summed E-state index contributed by atoms with van der Waals surface area (Å²) in [6, 6.07) is 15.2. The van der Waals surface area contributed by atoms with E-state index < -0.39 is 0 Å². The molecule has 1 aromatic heterocycles. The quantitative estimate of drug-likeness (QED) is 0.734. The number of nitrogen functional groups attached to an aromatic ring is 1. The Hall–Kier alpha value is -3.08. The Balaban J connectivity index is 1.69.